The van der Waals surface area contributed by atoms with Crippen LogP contribution in [0.3, 0.4) is 0 Å². The molecule has 10 nitrogen and oxygen atoms in total. The molecule has 2 aliphatic rings. The summed E-state index contributed by atoms with van der Waals surface area (Å²) in [4.78, 5) is 55.2. The van der Waals surface area contributed by atoms with Gasteiger partial charge in [-0.3, -0.25) is 0 Å². The summed E-state index contributed by atoms with van der Waals surface area (Å²) in [6.45, 7) is 3.16. The van der Waals surface area contributed by atoms with Crippen molar-refractivity contribution < 1.29 is 38.1 Å². The monoisotopic (exact) mass is 562 g/mol. The van der Waals surface area contributed by atoms with E-state index in [0.29, 0.717) is 10.6 Å². The van der Waals surface area contributed by atoms with Crippen LogP contribution in [0.25, 0.3) is 0 Å². The second-order valence-corrected chi connectivity index (χ2v) is 9.48. The van der Waals surface area contributed by atoms with Crippen LogP contribution in [0.2, 0.25) is 5.02 Å². The van der Waals surface area contributed by atoms with Gasteiger partial charge in [-0.05, 0) is 38.3 Å². The first-order valence-corrected chi connectivity index (χ1v) is 13.4. The number of hydrogen-bond acceptors (Lipinski definition) is 10. The van der Waals surface area contributed by atoms with Crippen LogP contribution >= 0.6 is 11.6 Å². The van der Waals surface area contributed by atoms with E-state index in [0.717, 1.165) is 39.2 Å². The largest absolute Gasteiger partial charge is 0.465 e. The maximum atomic E-state index is 13.6. The van der Waals surface area contributed by atoms with Crippen LogP contribution in [0.1, 0.15) is 51.5 Å². The van der Waals surface area contributed by atoms with E-state index in [1.54, 1.807) is 38.1 Å². The fourth-order valence-electron chi connectivity index (χ4n) is 4.91. The van der Waals surface area contributed by atoms with E-state index in [1.807, 2.05) is 0 Å². The first-order valence-electron chi connectivity index (χ1n) is 13.0. The molecule has 0 saturated heterocycles. The molecule has 0 amide bonds. The highest BCUT2D eigenvalue weighted by molar-refractivity contribution is 6.31. The van der Waals surface area contributed by atoms with Gasteiger partial charge in [0.1, 0.15) is 11.3 Å². The molecule has 1 aromatic carbocycles. The molecule has 1 unspecified atom stereocenters. The SMILES string of the molecule is CCOC(=O)C1=C(NC2CCCCC2)C(C(=O)OC)=C(C(=O)OC)N(Cc2ccccc2Cl)C1C(=O)OCC. The molecule has 11 heteroatoms. The van der Waals surface area contributed by atoms with E-state index >= 15 is 0 Å². The van der Waals surface area contributed by atoms with Gasteiger partial charge in [0.2, 0.25) is 0 Å². The highest BCUT2D eigenvalue weighted by Crippen LogP contribution is 2.37. The van der Waals surface area contributed by atoms with Crippen LogP contribution in [0.15, 0.2) is 46.8 Å². The van der Waals surface area contributed by atoms with Gasteiger partial charge in [0, 0.05) is 17.6 Å². The number of methoxy groups -OCH3 is 2. The van der Waals surface area contributed by atoms with Crippen molar-refractivity contribution in [1.29, 1.82) is 0 Å². The maximum Gasteiger partial charge on any atom is 0.355 e. The van der Waals surface area contributed by atoms with E-state index in [9.17, 15) is 19.2 Å². The molecule has 1 N–H and O–H groups in total. The van der Waals surface area contributed by atoms with Gasteiger partial charge in [0.05, 0.1) is 38.7 Å². The summed E-state index contributed by atoms with van der Waals surface area (Å²) in [5, 5.41) is 3.65. The Bertz CT molecular complexity index is 1160. The molecule has 212 valence electrons. The quantitative estimate of drug-likeness (QED) is 0.335. The number of benzene rings is 1. The second-order valence-electron chi connectivity index (χ2n) is 9.07. The third kappa shape index (κ3) is 6.73. The van der Waals surface area contributed by atoms with Crippen LogP contribution in [-0.4, -0.2) is 68.3 Å². The van der Waals surface area contributed by atoms with Crippen molar-refractivity contribution in [3.8, 4) is 0 Å². The summed E-state index contributed by atoms with van der Waals surface area (Å²) >= 11 is 6.44. The zero-order valence-electron chi connectivity index (χ0n) is 22.7. The number of carbonyl (C=O) groups is 4. The standard InChI is InChI=1S/C28H35ClN2O8/c1-5-38-26(33)21-22(30-18-13-8-7-9-14-18)20(25(32)36-3)23(27(34)37-4)31(24(21)28(35)39-6-2)16-17-12-10-11-15-19(17)29/h10-12,15,18,24,30H,5-9,13-14,16H2,1-4H3. The highest BCUT2D eigenvalue weighted by atomic mass is 35.5. The summed E-state index contributed by atoms with van der Waals surface area (Å²) in [6, 6.07) is 5.27. The minimum Gasteiger partial charge on any atom is -0.465 e. The Balaban J connectivity index is 2.38. The van der Waals surface area contributed by atoms with Gasteiger partial charge < -0.3 is 29.2 Å². The van der Waals surface area contributed by atoms with Crippen LogP contribution in [0.5, 0.6) is 0 Å². The Labute approximate surface area is 233 Å². The van der Waals surface area contributed by atoms with Crippen molar-refractivity contribution >= 4 is 35.5 Å². The molecule has 1 atom stereocenters. The number of esters is 4. The molecular formula is C28H35ClN2O8. The number of rotatable bonds is 10. The molecule has 1 aliphatic heterocycles. The Kier molecular flexibility index (Phi) is 10.8. The minimum absolute atomic E-state index is 0.000983. The van der Waals surface area contributed by atoms with Crippen molar-refractivity contribution in [2.24, 2.45) is 0 Å². The van der Waals surface area contributed by atoms with Crippen LogP contribution < -0.4 is 5.32 Å². The topological polar surface area (TPSA) is 120 Å². The summed E-state index contributed by atoms with van der Waals surface area (Å²) in [7, 11) is 2.33. The molecule has 1 fully saturated rings. The van der Waals surface area contributed by atoms with Gasteiger partial charge in [0.15, 0.2) is 6.04 Å². The fourth-order valence-corrected chi connectivity index (χ4v) is 5.10. The molecule has 0 radical (unpaired) electrons. The van der Waals surface area contributed by atoms with Crippen molar-refractivity contribution in [3.05, 3.63) is 57.4 Å². The average Bonchev–Trinajstić information content (AvgIpc) is 2.94. The first-order chi connectivity index (χ1) is 18.8. The zero-order valence-corrected chi connectivity index (χ0v) is 23.5. The Hall–Kier alpha value is -3.53. The number of halogens is 1. The number of nitrogens with one attached hydrogen (secondary N) is 1. The van der Waals surface area contributed by atoms with Gasteiger partial charge >= 0.3 is 23.9 Å². The fraction of sp³-hybridized carbons (Fsp3) is 0.500. The molecule has 0 bridgehead atoms. The van der Waals surface area contributed by atoms with Crippen molar-refractivity contribution in [2.45, 2.75) is 64.6 Å². The molecule has 3 rings (SSSR count). The Morgan fingerprint density at radius 1 is 0.923 bits per heavy atom. The van der Waals surface area contributed by atoms with Gasteiger partial charge in [0.25, 0.3) is 0 Å². The third-order valence-corrected chi connectivity index (χ3v) is 7.02. The van der Waals surface area contributed by atoms with Gasteiger partial charge in [-0.15, -0.1) is 0 Å². The van der Waals surface area contributed by atoms with Crippen LogP contribution in [0.4, 0.5) is 0 Å². The molecule has 1 aromatic rings. The van der Waals surface area contributed by atoms with Crippen LogP contribution in [-0.2, 0) is 44.7 Å². The lowest BCUT2D eigenvalue weighted by atomic mass is 9.88. The highest BCUT2D eigenvalue weighted by Gasteiger charge is 2.48. The molecular weight excluding hydrogens is 528 g/mol. The predicted octanol–water partition coefficient (Wildman–Crippen LogP) is 3.43. The number of carbonyl (C=O) groups excluding carboxylic acids is 4. The minimum atomic E-state index is -1.45. The molecule has 1 saturated carbocycles. The lowest BCUT2D eigenvalue weighted by Crippen LogP contribution is -2.52. The maximum absolute atomic E-state index is 13.6. The molecule has 1 aliphatic carbocycles. The Morgan fingerprint density at radius 3 is 2.15 bits per heavy atom. The summed E-state index contributed by atoms with van der Waals surface area (Å²) in [6.07, 6.45) is 4.50. The summed E-state index contributed by atoms with van der Waals surface area (Å²) in [5.41, 5.74) is -0.104. The second kappa shape index (κ2) is 14.0. The van der Waals surface area contributed by atoms with E-state index in [1.165, 1.54) is 12.0 Å². The average molecular weight is 563 g/mol. The van der Waals surface area contributed by atoms with Crippen LogP contribution in [0, 0.1) is 0 Å². The number of ether oxygens (including phenoxy) is 4. The Morgan fingerprint density at radius 2 is 1.56 bits per heavy atom. The molecule has 0 spiro atoms. The van der Waals surface area contributed by atoms with Crippen molar-refractivity contribution in [2.75, 3.05) is 27.4 Å². The van der Waals surface area contributed by atoms with E-state index in [-0.39, 0.29) is 48.3 Å². The first kappa shape index (κ1) is 30.0. The zero-order chi connectivity index (χ0) is 28.5. The molecule has 1 heterocycles. The van der Waals surface area contributed by atoms with Gasteiger partial charge in [-0.25, -0.2) is 19.2 Å². The normalized spacial score (nSPS) is 18.0. The lowest BCUT2D eigenvalue weighted by Gasteiger charge is -2.40. The summed E-state index contributed by atoms with van der Waals surface area (Å²) < 4.78 is 20.9. The van der Waals surface area contributed by atoms with Gasteiger partial charge in [-0.2, -0.15) is 0 Å². The van der Waals surface area contributed by atoms with E-state index in [2.05, 4.69) is 5.32 Å². The van der Waals surface area contributed by atoms with Crippen molar-refractivity contribution in [3.63, 3.8) is 0 Å². The van der Waals surface area contributed by atoms with E-state index < -0.39 is 29.9 Å². The lowest BCUT2D eigenvalue weighted by molar-refractivity contribution is -0.153. The predicted molar refractivity (Wildman–Crippen MR) is 142 cm³/mol. The van der Waals surface area contributed by atoms with Gasteiger partial charge in [-0.1, -0.05) is 49.1 Å². The van der Waals surface area contributed by atoms with Crippen molar-refractivity contribution in [1.82, 2.24) is 10.2 Å². The smallest absolute Gasteiger partial charge is 0.355 e. The molecule has 39 heavy (non-hydrogen) atoms. The number of nitrogens with zero attached hydrogens (tertiary/aromatic N) is 1. The molecule has 0 aromatic heterocycles. The van der Waals surface area contributed by atoms with E-state index in [4.69, 9.17) is 30.5 Å². The number of hydrogen-bond donors (Lipinski definition) is 1. The summed E-state index contributed by atoms with van der Waals surface area (Å²) in [5.74, 6) is -3.42. The third-order valence-electron chi connectivity index (χ3n) is 6.65.